The van der Waals surface area contributed by atoms with Crippen LogP contribution in [0.5, 0.6) is 0 Å². The summed E-state index contributed by atoms with van der Waals surface area (Å²) in [4.78, 5) is 37.0. The molecule has 0 N–H and O–H groups in total. The average molecular weight is 772 g/mol. The predicted octanol–water partition coefficient (Wildman–Crippen LogP) is 14.1. The lowest BCUT2D eigenvalue weighted by molar-refractivity contribution is 0.0893. The fourth-order valence-electron chi connectivity index (χ4n) is 10.4. The highest BCUT2D eigenvalue weighted by molar-refractivity contribution is 6.38. The van der Waals surface area contributed by atoms with Gasteiger partial charge in [-0.15, -0.1) is 0 Å². The monoisotopic (exact) mass is 771 g/mol. The van der Waals surface area contributed by atoms with E-state index in [2.05, 4.69) is 187 Å². The Hall–Kier alpha value is -6.46. The molecule has 0 atom stereocenters. The summed E-state index contributed by atoms with van der Waals surface area (Å²) in [6, 6.07) is 48.9. The van der Waals surface area contributed by atoms with E-state index in [9.17, 15) is 0 Å². The SMILES string of the molecule is CC(C)c1cccc(C(C)C)c1N1C(=O)c2ccc(N3c4ccccc4C(C)(C)c4ccccc43)c3c(N4c5ccccc5C(C)(C)c5ccccc54)ccc(c23)C1=O. The molecule has 3 heterocycles. The van der Waals surface area contributed by atoms with Crippen LogP contribution in [-0.4, -0.2) is 11.8 Å². The highest BCUT2D eigenvalue weighted by Gasteiger charge is 2.43. The minimum atomic E-state index is -0.299. The molecule has 0 bridgehead atoms. The van der Waals surface area contributed by atoms with Crippen molar-refractivity contribution in [1.82, 2.24) is 0 Å². The summed E-state index contributed by atoms with van der Waals surface area (Å²) in [5.74, 6) is -0.399. The molecule has 0 unspecified atom stereocenters. The van der Waals surface area contributed by atoms with Crippen LogP contribution in [0.15, 0.2) is 140 Å². The first-order chi connectivity index (χ1) is 28.3. The lowest BCUT2D eigenvalue weighted by Crippen LogP contribution is -2.42. The number of fused-ring (bicyclic) bond motifs is 4. The average Bonchev–Trinajstić information content (AvgIpc) is 3.23. The Morgan fingerprint density at radius 1 is 0.373 bits per heavy atom. The minimum absolute atomic E-state index is 0.0995. The summed E-state index contributed by atoms with van der Waals surface area (Å²) >= 11 is 0. The molecule has 59 heavy (non-hydrogen) atoms. The number of hydrogen-bond donors (Lipinski definition) is 0. The Kier molecular flexibility index (Phi) is 8.13. The van der Waals surface area contributed by atoms with Gasteiger partial charge < -0.3 is 9.80 Å². The third-order valence-corrected chi connectivity index (χ3v) is 13.3. The van der Waals surface area contributed by atoms with E-state index < -0.39 is 0 Å². The molecule has 10 rings (SSSR count). The van der Waals surface area contributed by atoms with Crippen molar-refractivity contribution in [2.24, 2.45) is 0 Å². The molecule has 0 aromatic heterocycles. The second kappa shape index (κ2) is 13.0. The van der Waals surface area contributed by atoms with Crippen molar-refractivity contribution in [2.45, 2.75) is 78.1 Å². The van der Waals surface area contributed by atoms with Crippen molar-refractivity contribution in [3.63, 3.8) is 0 Å². The fraction of sp³-hybridized carbons (Fsp3) is 0.222. The van der Waals surface area contributed by atoms with Crippen LogP contribution in [-0.2, 0) is 10.8 Å². The maximum absolute atomic E-state index is 15.4. The van der Waals surface area contributed by atoms with E-state index in [1.165, 1.54) is 27.2 Å². The molecule has 5 heteroatoms. The lowest BCUT2D eigenvalue weighted by Gasteiger charge is -2.44. The number of carbonyl (C=O) groups excluding carboxylic acids is 2. The standard InChI is InChI=1S/C54H49N3O2/c1-32(2)34-18-17-19-35(33(3)4)50(34)57-51(58)36-28-30-46(55-42-24-13-9-20-38(42)53(5,6)39-21-10-14-25-43(39)55)49-47(31-29-37(48(36)49)52(57)59)56-44-26-15-11-22-40(44)54(7,8)41-23-12-16-27-45(41)56/h9-33H,1-8H3. The number of nitrogens with zero attached hydrogens (tertiary/aromatic N) is 3. The number of carbonyl (C=O) groups is 2. The summed E-state index contributed by atoms with van der Waals surface area (Å²) < 4.78 is 0. The Balaban J connectivity index is 1.33. The topological polar surface area (TPSA) is 43.9 Å². The molecule has 2 amide bonds. The van der Waals surface area contributed by atoms with Crippen LogP contribution in [0.2, 0.25) is 0 Å². The van der Waals surface area contributed by atoms with Gasteiger partial charge in [0, 0.05) is 32.7 Å². The molecule has 5 nitrogen and oxygen atoms in total. The number of hydrogen-bond acceptors (Lipinski definition) is 4. The zero-order valence-corrected chi connectivity index (χ0v) is 35.1. The third-order valence-electron chi connectivity index (χ3n) is 13.3. The molecule has 292 valence electrons. The van der Waals surface area contributed by atoms with Gasteiger partial charge in [-0.2, -0.15) is 0 Å². The summed E-state index contributed by atoms with van der Waals surface area (Å²) in [5, 5.41) is 1.54. The number of amides is 2. The van der Waals surface area contributed by atoms with E-state index in [-0.39, 0.29) is 34.5 Å². The van der Waals surface area contributed by atoms with Crippen molar-refractivity contribution < 1.29 is 9.59 Å². The maximum atomic E-state index is 15.4. The van der Waals surface area contributed by atoms with Crippen LogP contribution in [0.3, 0.4) is 0 Å². The van der Waals surface area contributed by atoms with Gasteiger partial charge in [-0.1, -0.05) is 146 Å². The second-order valence-electron chi connectivity index (χ2n) is 18.0. The minimum Gasteiger partial charge on any atom is -0.309 e. The molecule has 0 radical (unpaired) electrons. The number of benzene rings is 7. The quantitative estimate of drug-likeness (QED) is 0.164. The van der Waals surface area contributed by atoms with Gasteiger partial charge in [-0.3, -0.25) is 9.59 Å². The highest BCUT2D eigenvalue weighted by atomic mass is 16.2. The highest BCUT2D eigenvalue weighted by Crippen LogP contribution is 2.58. The zero-order chi connectivity index (χ0) is 41.1. The van der Waals surface area contributed by atoms with Crippen molar-refractivity contribution in [2.75, 3.05) is 14.7 Å². The summed E-state index contributed by atoms with van der Waals surface area (Å²) in [6.45, 7) is 17.7. The normalized spacial score (nSPS) is 16.0. The van der Waals surface area contributed by atoms with Crippen molar-refractivity contribution in [1.29, 1.82) is 0 Å². The van der Waals surface area contributed by atoms with Gasteiger partial charge in [0.1, 0.15) is 0 Å². The van der Waals surface area contributed by atoms with Crippen molar-refractivity contribution >= 4 is 62.4 Å². The van der Waals surface area contributed by atoms with Crippen LogP contribution in [0.1, 0.15) is 121 Å². The zero-order valence-electron chi connectivity index (χ0n) is 35.1. The first-order valence-corrected chi connectivity index (χ1v) is 20.9. The molecule has 0 saturated carbocycles. The largest absolute Gasteiger partial charge is 0.309 e. The Labute approximate surface area is 347 Å². The predicted molar refractivity (Wildman–Crippen MR) is 243 cm³/mol. The smallest absolute Gasteiger partial charge is 0.266 e. The van der Waals surface area contributed by atoms with Gasteiger partial charge in [-0.25, -0.2) is 4.90 Å². The van der Waals surface area contributed by atoms with Gasteiger partial charge in [0.15, 0.2) is 0 Å². The van der Waals surface area contributed by atoms with Crippen LogP contribution >= 0.6 is 0 Å². The van der Waals surface area contributed by atoms with Crippen LogP contribution in [0.25, 0.3) is 10.8 Å². The molecule has 0 aliphatic carbocycles. The van der Waals surface area contributed by atoms with Gasteiger partial charge in [0.05, 0.1) is 39.8 Å². The van der Waals surface area contributed by atoms with E-state index in [1.54, 1.807) is 0 Å². The first-order valence-electron chi connectivity index (χ1n) is 20.9. The molecule has 3 aliphatic heterocycles. The Morgan fingerprint density at radius 3 is 1.05 bits per heavy atom. The molecule has 7 aromatic carbocycles. The van der Waals surface area contributed by atoms with E-state index in [4.69, 9.17) is 0 Å². The van der Waals surface area contributed by atoms with Crippen LogP contribution in [0.4, 0.5) is 39.8 Å². The number of para-hydroxylation sites is 5. The summed E-state index contributed by atoms with van der Waals surface area (Å²) in [6.07, 6.45) is 0. The molecule has 7 aromatic rings. The number of rotatable bonds is 5. The Morgan fingerprint density at radius 2 is 0.712 bits per heavy atom. The van der Waals surface area contributed by atoms with Crippen molar-refractivity contribution in [3.05, 3.63) is 184 Å². The third kappa shape index (κ3) is 5.10. The first kappa shape index (κ1) is 36.9. The van der Waals surface area contributed by atoms with E-state index in [0.717, 1.165) is 50.6 Å². The molecular formula is C54H49N3O2. The second-order valence-corrected chi connectivity index (χ2v) is 18.0. The van der Waals surface area contributed by atoms with Gasteiger partial charge in [-0.05, 0) is 93.7 Å². The van der Waals surface area contributed by atoms with Crippen LogP contribution in [0, 0.1) is 0 Å². The summed E-state index contributed by atoms with van der Waals surface area (Å²) in [7, 11) is 0. The van der Waals surface area contributed by atoms with Gasteiger partial charge >= 0.3 is 0 Å². The summed E-state index contributed by atoms with van der Waals surface area (Å²) in [5.41, 5.74) is 14.2. The maximum Gasteiger partial charge on any atom is 0.266 e. The molecule has 0 fully saturated rings. The molecular weight excluding hydrogens is 723 g/mol. The van der Waals surface area contributed by atoms with Gasteiger partial charge in [0.2, 0.25) is 0 Å². The molecule has 0 saturated heterocycles. The molecule has 3 aliphatic rings. The van der Waals surface area contributed by atoms with Crippen molar-refractivity contribution in [3.8, 4) is 0 Å². The molecule has 0 spiro atoms. The number of imide groups is 1. The van der Waals surface area contributed by atoms with E-state index in [1.807, 2.05) is 18.2 Å². The van der Waals surface area contributed by atoms with E-state index >= 15 is 9.59 Å². The lowest BCUT2D eigenvalue weighted by atomic mass is 9.73. The fourth-order valence-corrected chi connectivity index (χ4v) is 10.4. The van der Waals surface area contributed by atoms with Crippen LogP contribution < -0.4 is 14.7 Å². The Bertz CT molecular complexity index is 2630. The van der Waals surface area contributed by atoms with Gasteiger partial charge in [0.25, 0.3) is 11.8 Å². The van der Waals surface area contributed by atoms with E-state index in [0.29, 0.717) is 22.2 Å². The number of anilines is 7.